The van der Waals surface area contributed by atoms with Gasteiger partial charge < -0.3 is 31.7 Å². The van der Waals surface area contributed by atoms with Gasteiger partial charge in [0.15, 0.2) is 5.76 Å². The summed E-state index contributed by atoms with van der Waals surface area (Å²) in [6, 6.07) is 13.9. The van der Waals surface area contributed by atoms with Crippen molar-refractivity contribution in [2.45, 2.75) is 6.54 Å². The molecule has 0 aliphatic rings. The molecule has 0 bridgehead atoms. The van der Waals surface area contributed by atoms with Crippen LogP contribution in [0.15, 0.2) is 52.9 Å². The Labute approximate surface area is 214 Å². The minimum absolute atomic E-state index is 0. The molecule has 3 rings (SSSR count). The van der Waals surface area contributed by atoms with Gasteiger partial charge in [-0.25, -0.2) is 5.48 Å². The van der Waals surface area contributed by atoms with Crippen LogP contribution in [-0.2, 0) is 23.0 Å². The number of para-hydroxylation sites is 1. The molecule has 0 aliphatic heterocycles. The van der Waals surface area contributed by atoms with Crippen molar-refractivity contribution in [1.29, 1.82) is 0 Å². The number of hydrogen-bond donors (Lipinski definition) is 5. The molecule has 34 heavy (non-hydrogen) atoms. The fraction of sp³-hybridized carbons (Fsp3) is 0.238. The number of rotatable bonds is 8. The standard InChI is InChI=1S/C21H23N3O5.2ClH.2H3N.Pt/c1-24(2)13-17-16-5-3-4-6-18(16)29-19(17)21(26)22-11-12-28-15-9-7-14(8-10-15)20(25)23-27;;;;;/h3-10,27H,11-13H2,1-2H3,(H,22,26)(H,23,25);2*1H;2*1H3;/q;;;;;+2/p-2. The fourth-order valence-electron chi connectivity index (χ4n) is 2.94. The van der Waals surface area contributed by atoms with Crippen molar-refractivity contribution in [3.8, 4) is 5.75 Å². The third-order valence-corrected chi connectivity index (χ3v) is 4.25. The normalized spacial score (nSPS) is 9.94. The molecule has 0 fully saturated rings. The zero-order valence-corrected chi connectivity index (χ0v) is 22.5. The molecule has 2 amide bonds. The predicted octanol–water partition coefficient (Wildman–Crippen LogP) is 4.12. The maximum absolute atomic E-state index is 12.6. The molecule has 9 N–H and O–H groups in total. The summed E-state index contributed by atoms with van der Waals surface area (Å²) in [4.78, 5) is 25.9. The molecule has 0 spiro atoms. The molecular weight excluding hydrogens is 668 g/mol. The number of furan rings is 1. The molecule has 1 heterocycles. The number of amides is 2. The second-order valence-corrected chi connectivity index (χ2v) is 10.0. The number of nitrogens with zero attached hydrogens (tertiary/aromatic N) is 1. The quantitative estimate of drug-likeness (QED) is 0.133. The van der Waals surface area contributed by atoms with Gasteiger partial charge in [0.05, 0.1) is 6.54 Å². The van der Waals surface area contributed by atoms with E-state index >= 15 is 0 Å². The summed E-state index contributed by atoms with van der Waals surface area (Å²) in [7, 11) is 13.6. The summed E-state index contributed by atoms with van der Waals surface area (Å²) >= 11 is -0.472. The number of hydroxylamine groups is 1. The van der Waals surface area contributed by atoms with Crippen LogP contribution in [0.2, 0.25) is 0 Å². The van der Waals surface area contributed by atoms with Crippen LogP contribution in [0.1, 0.15) is 26.5 Å². The predicted molar refractivity (Wildman–Crippen MR) is 129 cm³/mol. The van der Waals surface area contributed by atoms with Crippen LogP contribution in [0.5, 0.6) is 5.75 Å². The van der Waals surface area contributed by atoms with Gasteiger partial charge in [-0.05, 0) is 44.4 Å². The van der Waals surface area contributed by atoms with Gasteiger partial charge in [-0.1, -0.05) is 18.2 Å². The summed E-state index contributed by atoms with van der Waals surface area (Å²) in [5.74, 6) is -0.0372. The Balaban J connectivity index is 0.00000207. The zero-order valence-electron chi connectivity index (χ0n) is 18.8. The Morgan fingerprint density at radius 2 is 1.68 bits per heavy atom. The monoisotopic (exact) mass is 696 g/mol. The number of benzene rings is 2. The van der Waals surface area contributed by atoms with E-state index in [4.69, 9.17) is 33.2 Å². The summed E-state index contributed by atoms with van der Waals surface area (Å²) in [5.41, 5.74) is 3.41. The Morgan fingerprint density at radius 1 is 1.06 bits per heavy atom. The SMILES string of the molecule is CN(C)Cc1c(C(=O)NCCOc2ccc(C(=O)NO)cc2)oc2ccccc12.N.N.[Cl][Pt][Cl]. The van der Waals surface area contributed by atoms with Gasteiger partial charge in [0, 0.05) is 23.1 Å². The second kappa shape index (κ2) is 16.5. The molecule has 0 unspecified atom stereocenters. The van der Waals surface area contributed by atoms with E-state index in [0.29, 0.717) is 29.2 Å². The van der Waals surface area contributed by atoms with Crippen molar-refractivity contribution in [1.82, 2.24) is 28.0 Å². The number of nitrogens with one attached hydrogen (secondary N) is 2. The molecule has 0 atom stereocenters. The number of fused-ring (bicyclic) bond motifs is 1. The van der Waals surface area contributed by atoms with Crippen LogP contribution in [0.4, 0.5) is 0 Å². The molecule has 0 saturated heterocycles. The molecule has 1 aromatic heterocycles. The molecule has 192 valence electrons. The third-order valence-electron chi connectivity index (χ3n) is 4.25. The Hall–Kier alpha value is -2.17. The third kappa shape index (κ3) is 9.23. The number of carbonyl (C=O) groups is 2. The minimum atomic E-state index is -0.594. The first-order chi connectivity index (χ1) is 15.4. The van der Waals surface area contributed by atoms with Crippen LogP contribution in [-0.4, -0.2) is 49.2 Å². The van der Waals surface area contributed by atoms with Crippen molar-refractivity contribution >= 4 is 41.6 Å². The summed E-state index contributed by atoms with van der Waals surface area (Å²) in [5, 5.41) is 12.3. The van der Waals surface area contributed by atoms with E-state index in [0.717, 1.165) is 10.9 Å². The van der Waals surface area contributed by atoms with Crippen LogP contribution in [0.25, 0.3) is 11.0 Å². The average Bonchev–Trinajstić information content (AvgIpc) is 3.15. The molecule has 0 aliphatic carbocycles. The van der Waals surface area contributed by atoms with Crippen LogP contribution in [0.3, 0.4) is 0 Å². The number of halogens is 2. The number of ether oxygens (including phenoxy) is 1. The van der Waals surface area contributed by atoms with Crippen molar-refractivity contribution < 1.29 is 40.4 Å². The van der Waals surface area contributed by atoms with E-state index in [-0.39, 0.29) is 31.4 Å². The topological polar surface area (TPSA) is 174 Å². The van der Waals surface area contributed by atoms with Crippen LogP contribution < -0.4 is 27.8 Å². The summed E-state index contributed by atoms with van der Waals surface area (Å²) < 4.78 is 11.4. The van der Waals surface area contributed by atoms with Crippen molar-refractivity contribution in [3.05, 3.63) is 65.4 Å². The van der Waals surface area contributed by atoms with E-state index in [1.54, 1.807) is 17.6 Å². The van der Waals surface area contributed by atoms with Gasteiger partial charge in [-0.15, -0.1) is 0 Å². The molecule has 2 aromatic carbocycles. The molecule has 10 nitrogen and oxygen atoms in total. The first-order valence-electron chi connectivity index (χ1n) is 9.34. The van der Waals surface area contributed by atoms with Gasteiger partial charge in [0.1, 0.15) is 17.9 Å². The second-order valence-electron chi connectivity index (χ2n) is 6.76. The number of hydrogen-bond acceptors (Lipinski definition) is 8. The average molecular weight is 697 g/mol. The van der Waals surface area contributed by atoms with E-state index in [1.165, 1.54) is 12.1 Å². The van der Waals surface area contributed by atoms with E-state index in [1.807, 2.05) is 43.3 Å². The van der Waals surface area contributed by atoms with Crippen molar-refractivity contribution in [3.63, 3.8) is 0 Å². The summed E-state index contributed by atoms with van der Waals surface area (Å²) in [6.07, 6.45) is 0. The first kappa shape index (κ1) is 31.8. The van der Waals surface area contributed by atoms with E-state index < -0.39 is 22.4 Å². The fourth-order valence-corrected chi connectivity index (χ4v) is 2.94. The van der Waals surface area contributed by atoms with E-state index in [2.05, 4.69) is 5.32 Å². The van der Waals surface area contributed by atoms with Gasteiger partial charge in [0.2, 0.25) is 0 Å². The molecule has 0 saturated carbocycles. The zero-order chi connectivity index (χ0) is 23.5. The molecule has 13 heteroatoms. The van der Waals surface area contributed by atoms with Gasteiger partial charge in [0.25, 0.3) is 11.8 Å². The van der Waals surface area contributed by atoms with Crippen LogP contribution >= 0.6 is 18.8 Å². The Morgan fingerprint density at radius 3 is 2.26 bits per heavy atom. The Kier molecular flexibility index (Phi) is 15.4. The van der Waals surface area contributed by atoms with Crippen molar-refractivity contribution in [2.24, 2.45) is 0 Å². The molecule has 0 radical (unpaired) electrons. The van der Waals surface area contributed by atoms with Gasteiger partial charge in [-0.2, -0.15) is 0 Å². The van der Waals surface area contributed by atoms with E-state index in [9.17, 15) is 9.59 Å². The van der Waals surface area contributed by atoms with Gasteiger partial charge in [-0.3, -0.25) is 14.8 Å². The molecular formula is C21H29Cl2N5O5Pt. The van der Waals surface area contributed by atoms with Gasteiger partial charge >= 0.3 is 35.3 Å². The first-order valence-corrected chi connectivity index (χ1v) is 15.0. The summed E-state index contributed by atoms with van der Waals surface area (Å²) in [6.45, 7) is 1.13. The van der Waals surface area contributed by atoms with Crippen molar-refractivity contribution in [2.75, 3.05) is 27.2 Å². The Bertz CT molecular complexity index is 1030. The molecule has 3 aromatic rings. The van der Waals surface area contributed by atoms with Crippen LogP contribution in [0, 0.1) is 0 Å². The maximum atomic E-state index is 12.6. The number of carbonyl (C=O) groups excluding carboxylic acids is 2.